The lowest BCUT2D eigenvalue weighted by Gasteiger charge is -2.21. The summed E-state index contributed by atoms with van der Waals surface area (Å²) in [6, 6.07) is 25.3. The molecule has 0 atom stereocenters. The second-order valence-electron chi connectivity index (χ2n) is 11.1. The Morgan fingerprint density at radius 3 is 2.42 bits per heavy atom. The maximum Gasteiger partial charge on any atom is 0.266 e. The van der Waals surface area contributed by atoms with Crippen LogP contribution in [0.1, 0.15) is 33.4 Å². The summed E-state index contributed by atoms with van der Waals surface area (Å²) in [4.78, 5) is 1.80. The summed E-state index contributed by atoms with van der Waals surface area (Å²) in [5.41, 5.74) is 7.37. The van der Waals surface area contributed by atoms with Gasteiger partial charge in [0.15, 0.2) is 11.5 Å². The van der Waals surface area contributed by atoms with Crippen LogP contribution in [0.3, 0.4) is 0 Å². The van der Waals surface area contributed by atoms with Crippen LogP contribution in [0.15, 0.2) is 72.8 Å². The number of aryl methyl sites for hydroxylation is 1. The van der Waals surface area contributed by atoms with Gasteiger partial charge in [-0.25, -0.2) is 0 Å². The topological polar surface area (TPSA) is 118 Å². The zero-order valence-electron chi connectivity index (χ0n) is 25.6. The lowest BCUT2D eigenvalue weighted by molar-refractivity contribution is 0.171. The Morgan fingerprint density at radius 1 is 0.889 bits per heavy atom. The third-order valence-corrected chi connectivity index (χ3v) is 8.36. The molecule has 0 unspecified atom stereocenters. The van der Waals surface area contributed by atoms with Crippen LogP contribution in [-0.2, 0) is 29.9 Å². The molecule has 0 saturated carbocycles. The van der Waals surface area contributed by atoms with E-state index in [2.05, 4.69) is 19.1 Å². The van der Waals surface area contributed by atoms with Gasteiger partial charge in [-0.1, -0.05) is 36.4 Å². The fourth-order valence-electron chi connectivity index (χ4n) is 5.19. The SMILES string of the molecule is Cc1cc(CN(C)CCS(=O)(=O)O)c(OCc2cccc(C#N)c2)cc1OCc1cccc(-c2ccc3c(c2)OCCO3)c1C. The molecule has 0 bridgehead atoms. The quantitative estimate of drug-likeness (QED) is 0.186. The molecule has 1 aliphatic rings. The molecule has 5 rings (SSSR count). The molecule has 0 radical (unpaired) electrons. The van der Waals surface area contributed by atoms with Crippen molar-refractivity contribution in [2.45, 2.75) is 33.6 Å². The molecule has 4 aromatic carbocycles. The standard InChI is InChI=1S/C35H36N2O7S/c1-24-16-30(21-37(3)12-15-45(38,39)40)34(43-22-27-7-4-6-26(17-27)20-36)19-33(24)44-23-29-8-5-9-31(25(29)2)28-10-11-32-35(18-28)42-14-13-41-32/h4-11,16-19H,12-15,21-23H2,1-3H3,(H,38,39,40). The maximum atomic E-state index is 11.3. The third-order valence-electron chi connectivity index (χ3n) is 7.66. The summed E-state index contributed by atoms with van der Waals surface area (Å²) >= 11 is 0. The van der Waals surface area contributed by atoms with E-state index in [-0.39, 0.29) is 18.9 Å². The van der Waals surface area contributed by atoms with E-state index in [4.69, 9.17) is 18.9 Å². The van der Waals surface area contributed by atoms with Crippen molar-refractivity contribution in [3.05, 3.63) is 106 Å². The van der Waals surface area contributed by atoms with Crippen LogP contribution in [0.5, 0.6) is 23.0 Å². The Balaban J connectivity index is 1.37. The molecule has 1 N–H and O–H groups in total. The van der Waals surface area contributed by atoms with Gasteiger partial charge in [-0.05, 0) is 84.6 Å². The molecule has 234 valence electrons. The smallest absolute Gasteiger partial charge is 0.266 e. The highest BCUT2D eigenvalue weighted by molar-refractivity contribution is 7.85. The van der Waals surface area contributed by atoms with Gasteiger partial charge >= 0.3 is 0 Å². The maximum absolute atomic E-state index is 11.3. The first-order valence-corrected chi connectivity index (χ1v) is 16.2. The number of fused-ring (bicyclic) bond motifs is 1. The van der Waals surface area contributed by atoms with Crippen LogP contribution in [0.25, 0.3) is 11.1 Å². The zero-order chi connectivity index (χ0) is 32.0. The number of nitrogens with zero attached hydrogens (tertiary/aromatic N) is 2. The average Bonchev–Trinajstić information content (AvgIpc) is 3.03. The summed E-state index contributed by atoms with van der Waals surface area (Å²) in [6.45, 7) is 6.21. The Bertz CT molecular complexity index is 1830. The first kappa shape index (κ1) is 31.9. The highest BCUT2D eigenvalue weighted by Gasteiger charge is 2.17. The molecule has 45 heavy (non-hydrogen) atoms. The molecule has 10 heteroatoms. The van der Waals surface area contributed by atoms with Crippen molar-refractivity contribution < 1.29 is 31.9 Å². The van der Waals surface area contributed by atoms with E-state index >= 15 is 0 Å². The number of ether oxygens (including phenoxy) is 4. The molecule has 4 aromatic rings. The minimum absolute atomic E-state index is 0.152. The van der Waals surface area contributed by atoms with E-state index in [0.717, 1.165) is 50.4 Å². The van der Waals surface area contributed by atoms with Gasteiger partial charge in [0.2, 0.25) is 0 Å². The molecular weight excluding hydrogens is 592 g/mol. The second kappa shape index (κ2) is 14.0. The van der Waals surface area contributed by atoms with E-state index < -0.39 is 10.1 Å². The minimum atomic E-state index is -4.08. The number of rotatable bonds is 12. The average molecular weight is 629 g/mol. The van der Waals surface area contributed by atoms with Crippen LogP contribution in [-0.4, -0.2) is 50.4 Å². The molecule has 0 fully saturated rings. The molecule has 0 aromatic heterocycles. The van der Waals surface area contributed by atoms with Crippen molar-refractivity contribution in [1.29, 1.82) is 5.26 Å². The molecule has 0 saturated heterocycles. The number of nitriles is 1. The van der Waals surface area contributed by atoms with Crippen molar-refractivity contribution in [1.82, 2.24) is 4.90 Å². The summed E-state index contributed by atoms with van der Waals surface area (Å²) in [5, 5.41) is 9.28. The van der Waals surface area contributed by atoms with Crippen molar-refractivity contribution in [3.63, 3.8) is 0 Å². The van der Waals surface area contributed by atoms with Gasteiger partial charge < -0.3 is 23.8 Å². The lowest BCUT2D eigenvalue weighted by Crippen LogP contribution is -2.25. The van der Waals surface area contributed by atoms with E-state index in [1.807, 2.05) is 61.5 Å². The van der Waals surface area contributed by atoms with Crippen LogP contribution >= 0.6 is 0 Å². The molecule has 9 nitrogen and oxygen atoms in total. The third kappa shape index (κ3) is 8.34. The second-order valence-corrected chi connectivity index (χ2v) is 12.7. The summed E-state index contributed by atoms with van der Waals surface area (Å²) in [5.74, 6) is 2.36. The van der Waals surface area contributed by atoms with E-state index in [1.165, 1.54) is 0 Å². The van der Waals surface area contributed by atoms with Crippen LogP contribution in [0.4, 0.5) is 0 Å². The number of benzene rings is 4. The van der Waals surface area contributed by atoms with Crippen LogP contribution in [0.2, 0.25) is 0 Å². The first-order valence-electron chi connectivity index (χ1n) is 14.6. The molecule has 1 heterocycles. The van der Waals surface area contributed by atoms with Gasteiger partial charge in [-0.15, -0.1) is 0 Å². The van der Waals surface area contributed by atoms with E-state index in [0.29, 0.717) is 43.4 Å². The summed E-state index contributed by atoms with van der Waals surface area (Å²) in [7, 11) is -2.30. The molecule has 0 aliphatic carbocycles. The zero-order valence-corrected chi connectivity index (χ0v) is 26.4. The van der Waals surface area contributed by atoms with Gasteiger partial charge in [0, 0.05) is 24.7 Å². The Kier molecular flexibility index (Phi) is 9.93. The Labute approximate surface area is 264 Å². The van der Waals surface area contributed by atoms with Crippen molar-refractivity contribution in [3.8, 4) is 40.2 Å². The predicted octanol–water partition coefficient (Wildman–Crippen LogP) is 6.09. The van der Waals surface area contributed by atoms with Crippen LogP contribution in [0, 0.1) is 25.2 Å². The Morgan fingerprint density at radius 2 is 1.64 bits per heavy atom. The van der Waals surface area contributed by atoms with Gasteiger partial charge in [0.05, 0.1) is 17.4 Å². The van der Waals surface area contributed by atoms with Gasteiger partial charge in [-0.2, -0.15) is 13.7 Å². The predicted molar refractivity (Wildman–Crippen MR) is 171 cm³/mol. The molecule has 0 spiro atoms. The lowest BCUT2D eigenvalue weighted by atomic mass is 9.96. The highest BCUT2D eigenvalue weighted by atomic mass is 32.2. The fourth-order valence-corrected chi connectivity index (χ4v) is 5.74. The van der Waals surface area contributed by atoms with E-state index in [9.17, 15) is 18.2 Å². The van der Waals surface area contributed by atoms with Crippen LogP contribution < -0.4 is 18.9 Å². The van der Waals surface area contributed by atoms with E-state index in [1.54, 1.807) is 24.1 Å². The van der Waals surface area contributed by atoms with Gasteiger partial charge in [0.1, 0.15) is 37.9 Å². The first-order chi connectivity index (χ1) is 21.6. The van der Waals surface area contributed by atoms with Gasteiger partial charge in [0.25, 0.3) is 10.1 Å². The fraction of sp³-hybridized carbons (Fsp3) is 0.286. The normalized spacial score (nSPS) is 12.5. The Hall–Kier alpha value is -4.56. The largest absolute Gasteiger partial charge is 0.488 e. The molecular formula is C35H36N2O7S. The highest BCUT2D eigenvalue weighted by Crippen LogP contribution is 2.37. The number of hydrogen-bond acceptors (Lipinski definition) is 8. The summed E-state index contributed by atoms with van der Waals surface area (Å²) < 4.78 is 55.9. The molecule has 0 amide bonds. The minimum Gasteiger partial charge on any atom is -0.488 e. The monoisotopic (exact) mass is 628 g/mol. The van der Waals surface area contributed by atoms with Crippen molar-refractivity contribution in [2.75, 3.05) is 32.6 Å². The summed E-state index contributed by atoms with van der Waals surface area (Å²) in [6.07, 6.45) is 0. The number of hydrogen-bond donors (Lipinski definition) is 1. The molecule has 1 aliphatic heterocycles. The van der Waals surface area contributed by atoms with Crippen molar-refractivity contribution >= 4 is 10.1 Å². The van der Waals surface area contributed by atoms with Crippen molar-refractivity contribution in [2.24, 2.45) is 0 Å². The van der Waals surface area contributed by atoms with Gasteiger partial charge in [-0.3, -0.25) is 4.55 Å².